The van der Waals surface area contributed by atoms with Crippen LogP contribution in [-0.2, 0) is 9.53 Å². The Hall–Kier alpha value is -1.68. The van der Waals surface area contributed by atoms with E-state index in [1.165, 1.54) is 7.11 Å². The summed E-state index contributed by atoms with van der Waals surface area (Å²) in [5.74, 6) is -1.45. The van der Waals surface area contributed by atoms with Gasteiger partial charge in [0.25, 0.3) is 5.78 Å². The molecule has 4 heteroatoms. The Morgan fingerprint density at radius 2 is 1.73 bits per heavy atom. The van der Waals surface area contributed by atoms with Crippen molar-refractivity contribution in [3.05, 3.63) is 35.9 Å². The van der Waals surface area contributed by atoms with E-state index in [0.717, 1.165) is 0 Å². The number of ketones is 1. The number of methoxy groups -OCH3 is 1. The normalized spacial score (nSPS) is 8.47. The van der Waals surface area contributed by atoms with E-state index in [-0.39, 0.29) is 6.61 Å². The maximum Gasteiger partial charge on any atom is 0.379 e. The van der Waals surface area contributed by atoms with Crippen LogP contribution in [0, 0.1) is 0 Å². The van der Waals surface area contributed by atoms with Crippen molar-refractivity contribution in [1.82, 2.24) is 0 Å². The summed E-state index contributed by atoms with van der Waals surface area (Å²) in [7, 11) is 1.18. The molecule has 0 saturated heterocycles. The molecule has 0 saturated carbocycles. The highest BCUT2D eigenvalue weighted by Crippen LogP contribution is 2.00. The van der Waals surface area contributed by atoms with Gasteiger partial charge in [0.05, 0.1) is 7.11 Å². The number of carbonyl (C=O) groups excluding carboxylic acids is 2. The fourth-order valence-electron chi connectivity index (χ4n) is 0.800. The van der Waals surface area contributed by atoms with Gasteiger partial charge in [-0.15, -0.1) is 0 Å². The van der Waals surface area contributed by atoms with Crippen LogP contribution in [-0.4, -0.2) is 30.6 Å². The van der Waals surface area contributed by atoms with Gasteiger partial charge in [0.1, 0.15) is 0 Å². The van der Waals surface area contributed by atoms with Crippen LogP contribution in [0.2, 0.25) is 0 Å². The molecule has 0 aliphatic heterocycles. The van der Waals surface area contributed by atoms with Crippen LogP contribution in [0.4, 0.5) is 0 Å². The van der Waals surface area contributed by atoms with Crippen molar-refractivity contribution in [3.8, 4) is 0 Å². The van der Waals surface area contributed by atoms with E-state index in [4.69, 9.17) is 5.11 Å². The van der Waals surface area contributed by atoms with Gasteiger partial charge in [-0.25, -0.2) is 4.79 Å². The zero-order valence-electron chi connectivity index (χ0n) is 8.77. The highest BCUT2D eigenvalue weighted by atomic mass is 16.5. The summed E-state index contributed by atoms with van der Waals surface area (Å²) < 4.78 is 4.28. The molecule has 0 heterocycles. The van der Waals surface area contributed by atoms with Crippen LogP contribution >= 0.6 is 0 Å². The fraction of sp³-hybridized carbons (Fsp3) is 0.273. The molecule has 0 fully saturated rings. The zero-order chi connectivity index (χ0) is 11.7. The predicted octanol–water partition coefficient (Wildman–Crippen LogP) is 1.04. The van der Waals surface area contributed by atoms with Crippen molar-refractivity contribution < 1.29 is 19.4 Å². The summed E-state index contributed by atoms with van der Waals surface area (Å²) in [4.78, 5) is 21.8. The molecule has 1 N–H and O–H groups in total. The Bertz CT molecular complexity index is 306. The number of aliphatic hydroxyl groups is 1. The minimum absolute atomic E-state index is 0.250. The van der Waals surface area contributed by atoms with E-state index < -0.39 is 11.8 Å². The van der Waals surface area contributed by atoms with Gasteiger partial charge in [-0.2, -0.15) is 0 Å². The molecule has 0 spiro atoms. The second-order valence-electron chi connectivity index (χ2n) is 2.50. The number of carbonyl (C=O) groups is 2. The van der Waals surface area contributed by atoms with E-state index in [9.17, 15) is 9.59 Å². The number of aliphatic hydroxyl groups excluding tert-OH is 1. The van der Waals surface area contributed by atoms with Gasteiger partial charge in [-0.3, -0.25) is 4.79 Å². The number of esters is 1. The summed E-state index contributed by atoms with van der Waals surface area (Å²) >= 11 is 0. The monoisotopic (exact) mass is 210 g/mol. The van der Waals surface area contributed by atoms with Crippen LogP contribution in [0.1, 0.15) is 17.3 Å². The molecule has 0 amide bonds. The summed E-state index contributed by atoms with van der Waals surface area (Å²) in [5.41, 5.74) is 0.351. The molecule has 0 unspecified atom stereocenters. The third kappa shape index (κ3) is 4.93. The van der Waals surface area contributed by atoms with Crippen molar-refractivity contribution in [1.29, 1.82) is 0 Å². The smallest absolute Gasteiger partial charge is 0.379 e. The van der Waals surface area contributed by atoms with Crippen molar-refractivity contribution >= 4 is 11.8 Å². The van der Waals surface area contributed by atoms with E-state index in [0.29, 0.717) is 5.56 Å². The lowest BCUT2D eigenvalue weighted by molar-refractivity contribution is -0.135. The Balaban J connectivity index is 0.000000583. The van der Waals surface area contributed by atoms with Crippen molar-refractivity contribution in [2.75, 3.05) is 13.7 Å². The Kier molecular flexibility index (Phi) is 6.84. The minimum atomic E-state index is -0.832. The highest BCUT2D eigenvalue weighted by molar-refractivity contribution is 6.40. The lowest BCUT2D eigenvalue weighted by Crippen LogP contribution is -2.15. The Morgan fingerprint density at radius 3 is 2.13 bits per heavy atom. The average Bonchev–Trinajstić information content (AvgIpc) is 2.29. The van der Waals surface area contributed by atoms with Crippen molar-refractivity contribution in [3.63, 3.8) is 0 Å². The molecule has 4 nitrogen and oxygen atoms in total. The summed E-state index contributed by atoms with van der Waals surface area (Å²) in [6.07, 6.45) is 0. The standard InChI is InChI=1S/C9H8O3.C2H6O/c1-12-9(11)8(10)7-5-3-2-4-6-7;1-2-3/h2-6H,1H3;3H,2H2,1H3. The number of hydrogen-bond donors (Lipinski definition) is 1. The molecule has 0 aromatic heterocycles. The Morgan fingerprint density at radius 1 is 1.27 bits per heavy atom. The lowest BCUT2D eigenvalue weighted by Gasteiger charge is -1.96. The third-order valence-electron chi connectivity index (χ3n) is 1.41. The number of benzene rings is 1. The largest absolute Gasteiger partial charge is 0.463 e. The predicted molar refractivity (Wildman–Crippen MR) is 55.5 cm³/mol. The molecule has 15 heavy (non-hydrogen) atoms. The third-order valence-corrected chi connectivity index (χ3v) is 1.41. The van der Waals surface area contributed by atoms with Gasteiger partial charge in [-0.05, 0) is 6.92 Å². The summed E-state index contributed by atoms with van der Waals surface area (Å²) in [6.45, 7) is 1.93. The van der Waals surface area contributed by atoms with E-state index in [2.05, 4.69) is 4.74 Å². The molecule has 0 bridgehead atoms. The van der Waals surface area contributed by atoms with E-state index in [1.54, 1.807) is 37.3 Å². The first-order valence-corrected chi connectivity index (χ1v) is 4.45. The topological polar surface area (TPSA) is 63.6 Å². The summed E-state index contributed by atoms with van der Waals surface area (Å²) in [5, 5.41) is 7.57. The number of ether oxygens (including phenoxy) is 1. The molecule has 1 aromatic rings. The van der Waals surface area contributed by atoms with Gasteiger partial charge in [-0.1, -0.05) is 30.3 Å². The van der Waals surface area contributed by atoms with Crippen LogP contribution < -0.4 is 0 Å². The van der Waals surface area contributed by atoms with Crippen LogP contribution in [0.5, 0.6) is 0 Å². The molecule has 0 aliphatic rings. The lowest BCUT2D eigenvalue weighted by atomic mass is 10.1. The quantitative estimate of drug-likeness (QED) is 0.450. The molecule has 1 rings (SSSR count). The maximum absolute atomic E-state index is 11.1. The molecule has 0 atom stereocenters. The van der Waals surface area contributed by atoms with Crippen LogP contribution in [0.3, 0.4) is 0 Å². The minimum Gasteiger partial charge on any atom is -0.463 e. The highest BCUT2D eigenvalue weighted by Gasteiger charge is 2.14. The summed E-state index contributed by atoms with van der Waals surface area (Å²) in [6, 6.07) is 8.29. The molecule has 82 valence electrons. The first kappa shape index (κ1) is 13.3. The molecular weight excluding hydrogens is 196 g/mol. The molecule has 0 aliphatic carbocycles. The maximum atomic E-state index is 11.1. The van der Waals surface area contributed by atoms with Gasteiger partial charge in [0.15, 0.2) is 0 Å². The van der Waals surface area contributed by atoms with Crippen molar-refractivity contribution in [2.24, 2.45) is 0 Å². The first-order valence-electron chi connectivity index (χ1n) is 4.45. The van der Waals surface area contributed by atoms with Crippen LogP contribution in [0.15, 0.2) is 30.3 Å². The number of hydrogen-bond acceptors (Lipinski definition) is 4. The number of Topliss-reactive ketones (excluding diaryl/α,β-unsaturated/α-hetero) is 1. The fourth-order valence-corrected chi connectivity index (χ4v) is 0.800. The van der Waals surface area contributed by atoms with E-state index >= 15 is 0 Å². The molecule has 0 radical (unpaired) electrons. The zero-order valence-corrected chi connectivity index (χ0v) is 8.77. The van der Waals surface area contributed by atoms with Crippen molar-refractivity contribution in [2.45, 2.75) is 6.92 Å². The second-order valence-corrected chi connectivity index (χ2v) is 2.50. The number of rotatable bonds is 2. The van der Waals surface area contributed by atoms with Crippen LogP contribution in [0.25, 0.3) is 0 Å². The van der Waals surface area contributed by atoms with Gasteiger partial charge >= 0.3 is 5.97 Å². The first-order chi connectivity index (χ1) is 7.17. The van der Waals surface area contributed by atoms with Gasteiger partial charge < -0.3 is 9.84 Å². The second kappa shape index (κ2) is 7.70. The van der Waals surface area contributed by atoms with Gasteiger partial charge in [0, 0.05) is 12.2 Å². The van der Waals surface area contributed by atoms with E-state index in [1.807, 2.05) is 0 Å². The average molecular weight is 210 g/mol. The molecular formula is C11H14O4. The Labute approximate surface area is 88.5 Å². The molecule has 1 aromatic carbocycles. The van der Waals surface area contributed by atoms with Gasteiger partial charge in [0.2, 0.25) is 0 Å². The SMILES string of the molecule is CCO.COC(=O)C(=O)c1ccccc1.